The van der Waals surface area contributed by atoms with Crippen molar-refractivity contribution in [2.45, 2.75) is 40.2 Å². The van der Waals surface area contributed by atoms with Crippen LogP contribution in [0.1, 0.15) is 37.1 Å². The molecule has 1 N–H and O–H groups in total. The Hall–Kier alpha value is -0.870. The maximum atomic E-state index is 5.64. The summed E-state index contributed by atoms with van der Waals surface area (Å²) in [7, 11) is 0. The molecule has 1 fully saturated rings. The van der Waals surface area contributed by atoms with Gasteiger partial charge in [0, 0.05) is 0 Å². The molecule has 102 valence electrons. The molecule has 1 aromatic heterocycles. The number of nitrogens with one attached hydrogen (secondary N) is 1. The average Bonchev–Trinajstić information content (AvgIpc) is 2.67. The van der Waals surface area contributed by atoms with Crippen LogP contribution in [0.25, 0.3) is 0 Å². The summed E-state index contributed by atoms with van der Waals surface area (Å²) in [4.78, 5) is 6.90. The van der Waals surface area contributed by atoms with Gasteiger partial charge < -0.3 is 9.73 Å². The van der Waals surface area contributed by atoms with Gasteiger partial charge in [-0.15, -0.1) is 0 Å². The lowest BCUT2D eigenvalue weighted by atomic mass is 9.97. The van der Waals surface area contributed by atoms with E-state index in [2.05, 4.69) is 22.1 Å². The molecular weight excluding hydrogens is 226 g/mol. The Kier molecular flexibility index (Phi) is 4.78. The highest BCUT2D eigenvalue weighted by Gasteiger charge is 2.20. The maximum Gasteiger partial charge on any atom is 0.208 e. The van der Waals surface area contributed by atoms with Crippen LogP contribution in [0.4, 0.5) is 0 Å². The topological polar surface area (TPSA) is 41.3 Å². The van der Waals surface area contributed by atoms with Crippen LogP contribution in [0, 0.1) is 19.8 Å². The van der Waals surface area contributed by atoms with E-state index < -0.39 is 0 Å². The van der Waals surface area contributed by atoms with Gasteiger partial charge in [-0.2, -0.15) is 0 Å². The number of aryl methyl sites for hydroxylation is 2. The minimum absolute atomic E-state index is 0.842. The Morgan fingerprint density at radius 3 is 2.61 bits per heavy atom. The fourth-order valence-electron chi connectivity index (χ4n) is 2.50. The van der Waals surface area contributed by atoms with E-state index in [1.165, 1.54) is 19.4 Å². The zero-order valence-electron chi connectivity index (χ0n) is 11.8. The fraction of sp³-hybridized carbons (Fsp3) is 0.786. The zero-order valence-corrected chi connectivity index (χ0v) is 11.8. The van der Waals surface area contributed by atoms with E-state index in [0.29, 0.717) is 0 Å². The molecule has 0 unspecified atom stereocenters. The van der Waals surface area contributed by atoms with Crippen molar-refractivity contribution >= 4 is 0 Å². The summed E-state index contributed by atoms with van der Waals surface area (Å²) in [6.45, 7) is 11.6. The van der Waals surface area contributed by atoms with Crippen molar-refractivity contribution in [2.75, 3.05) is 26.2 Å². The summed E-state index contributed by atoms with van der Waals surface area (Å²) in [6, 6.07) is 0. The van der Waals surface area contributed by atoms with Gasteiger partial charge in [0.25, 0.3) is 0 Å². The highest BCUT2D eigenvalue weighted by Crippen LogP contribution is 2.19. The molecule has 0 spiro atoms. The fourth-order valence-corrected chi connectivity index (χ4v) is 2.50. The molecule has 1 aliphatic heterocycles. The summed E-state index contributed by atoms with van der Waals surface area (Å²) in [5, 5.41) is 3.44. The van der Waals surface area contributed by atoms with Crippen LogP contribution >= 0.6 is 0 Å². The van der Waals surface area contributed by atoms with Gasteiger partial charge in [-0.05, 0) is 58.8 Å². The Morgan fingerprint density at radius 2 is 2.06 bits per heavy atom. The van der Waals surface area contributed by atoms with Crippen molar-refractivity contribution in [2.24, 2.45) is 5.92 Å². The minimum Gasteiger partial charge on any atom is -0.444 e. The Bertz CT molecular complexity index is 348. The van der Waals surface area contributed by atoms with Gasteiger partial charge in [-0.25, -0.2) is 4.98 Å². The molecule has 1 saturated heterocycles. The van der Waals surface area contributed by atoms with Crippen LogP contribution in [0.5, 0.6) is 0 Å². The third-order valence-electron chi connectivity index (χ3n) is 3.82. The van der Waals surface area contributed by atoms with Crippen molar-refractivity contribution in [3.05, 3.63) is 17.3 Å². The molecule has 18 heavy (non-hydrogen) atoms. The van der Waals surface area contributed by atoms with E-state index in [1.54, 1.807) is 0 Å². The van der Waals surface area contributed by atoms with Gasteiger partial charge in [0.2, 0.25) is 5.89 Å². The monoisotopic (exact) mass is 251 g/mol. The van der Waals surface area contributed by atoms with Gasteiger partial charge in [0.05, 0.1) is 12.2 Å². The first-order valence-corrected chi connectivity index (χ1v) is 7.05. The van der Waals surface area contributed by atoms with Crippen LogP contribution in [0.3, 0.4) is 0 Å². The van der Waals surface area contributed by atoms with Crippen LogP contribution in [0.15, 0.2) is 4.42 Å². The first-order valence-electron chi connectivity index (χ1n) is 7.05. The minimum atomic E-state index is 0.842. The highest BCUT2D eigenvalue weighted by atomic mass is 16.4. The highest BCUT2D eigenvalue weighted by molar-refractivity contribution is 5.05. The maximum absolute atomic E-state index is 5.64. The van der Waals surface area contributed by atoms with E-state index in [1.807, 2.05) is 13.8 Å². The lowest BCUT2D eigenvalue weighted by molar-refractivity contribution is 0.162. The largest absolute Gasteiger partial charge is 0.444 e. The molecule has 4 nitrogen and oxygen atoms in total. The molecule has 4 heteroatoms. The number of piperidine rings is 1. The van der Waals surface area contributed by atoms with Crippen molar-refractivity contribution in [3.63, 3.8) is 0 Å². The first kappa shape index (κ1) is 13.6. The van der Waals surface area contributed by atoms with Crippen molar-refractivity contribution < 1.29 is 4.42 Å². The Balaban J connectivity index is 1.76. The smallest absolute Gasteiger partial charge is 0.208 e. The number of rotatable bonds is 5. The van der Waals surface area contributed by atoms with Crippen LogP contribution in [0.2, 0.25) is 0 Å². The van der Waals surface area contributed by atoms with E-state index >= 15 is 0 Å². The molecule has 1 aliphatic rings. The number of nitrogens with zero attached hydrogens (tertiary/aromatic N) is 2. The molecule has 0 bridgehead atoms. The summed E-state index contributed by atoms with van der Waals surface area (Å²) >= 11 is 0. The van der Waals surface area contributed by atoms with E-state index in [4.69, 9.17) is 4.42 Å². The van der Waals surface area contributed by atoms with Gasteiger partial charge in [0.15, 0.2) is 0 Å². The molecule has 0 aliphatic carbocycles. The zero-order chi connectivity index (χ0) is 13.0. The normalized spacial score (nSPS) is 18.4. The lowest BCUT2D eigenvalue weighted by Gasteiger charge is -2.31. The summed E-state index contributed by atoms with van der Waals surface area (Å²) < 4.78 is 5.64. The van der Waals surface area contributed by atoms with Gasteiger partial charge >= 0.3 is 0 Å². The number of hydrogen-bond donors (Lipinski definition) is 1. The number of likely N-dealkylation sites (tertiary alicyclic amines) is 1. The van der Waals surface area contributed by atoms with Crippen molar-refractivity contribution in [1.29, 1.82) is 0 Å². The molecule has 0 saturated carbocycles. The quantitative estimate of drug-likeness (QED) is 0.870. The standard InChI is InChI=1S/C14H25N3O/c1-4-15-9-13-5-7-17(8-6-13)10-14-16-11(2)12(3)18-14/h13,15H,4-10H2,1-3H3. The van der Waals surface area contributed by atoms with Crippen LogP contribution in [-0.4, -0.2) is 36.1 Å². The Morgan fingerprint density at radius 1 is 1.33 bits per heavy atom. The number of hydrogen-bond acceptors (Lipinski definition) is 4. The van der Waals surface area contributed by atoms with Gasteiger partial charge in [-0.3, -0.25) is 4.90 Å². The van der Waals surface area contributed by atoms with Crippen molar-refractivity contribution in [1.82, 2.24) is 15.2 Å². The second kappa shape index (κ2) is 6.34. The third kappa shape index (κ3) is 3.56. The van der Waals surface area contributed by atoms with E-state index in [9.17, 15) is 0 Å². The summed E-state index contributed by atoms with van der Waals surface area (Å²) in [5.41, 5.74) is 1.02. The van der Waals surface area contributed by atoms with E-state index in [-0.39, 0.29) is 0 Å². The predicted molar refractivity (Wildman–Crippen MR) is 72.5 cm³/mol. The molecule has 2 heterocycles. The molecule has 0 aromatic carbocycles. The van der Waals surface area contributed by atoms with Crippen LogP contribution < -0.4 is 5.32 Å². The molecular formula is C14H25N3O. The van der Waals surface area contributed by atoms with Gasteiger partial charge in [-0.1, -0.05) is 6.92 Å². The van der Waals surface area contributed by atoms with Gasteiger partial charge in [0.1, 0.15) is 5.76 Å². The third-order valence-corrected chi connectivity index (χ3v) is 3.82. The second-order valence-corrected chi connectivity index (χ2v) is 5.28. The first-order chi connectivity index (χ1) is 8.69. The number of oxazole rings is 1. The van der Waals surface area contributed by atoms with Crippen LogP contribution in [-0.2, 0) is 6.54 Å². The molecule has 1 aromatic rings. The molecule has 0 amide bonds. The SMILES string of the molecule is CCNCC1CCN(Cc2nc(C)c(C)o2)CC1. The number of aromatic nitrogens is 1. The van der Waals surface area contributed by atoms with E-state index in [0.717, 1.165) is 49.4 Å². The van der Waals surface area contributed by atoms with Crippen molar-refractivity contribution in [3.8, 4) is 0 Å². The molecule has 0 atom stereocenters. The predicted octanol–water partition coefficient (Wildman–Crippen LogP) is 2.11. The summed E-state index contributed by atoms with van der Waals surface area (Å²) in [6.07, 6.45) is 2.57. The summed E-state index contributed by atoms with van der Waals surface area (Å²) in [5.74, 6) is 2.66. The molecule has 2 rings (SSSR count). The molecule has 0 radical (unpaired) electrons. The Labute approximate surface area is 110 Å². The second-order valence-electron chi connectivity index (χ2n) is 5.28. The average molecular weight is 251 g/mol. The lowest BCUT2D eigenvalue weighted by Crippen LogP contribution is -2.36.